The van der Waals surface area contributed by atoms with Gasteiger partial charge in [0.05, 0.1) is 17.9 Å². The van der Waals surface area contributed by atoms with Crippen molar-refractivity contribution >= 4 is 17.7 Å². The van der Waals surface area contributed by atoms with E-state index in [0.29, 0.717) is 31.7 Å². The molecule has 1 aliphatic heterocycles. The Balaban J connectivity index is 1.45. The van der Waals surface area contributed by atoms with Crippen molar-refractivity contribution in [3.05, 3.63) is 47.8 Å². The number of likely N-dealkylation sites (tertiary alicyclic amines) is 1. The van der Waals surface area contributed by atoms with E-state index in [1.165, 1.54) is 6.20 Å². The zero-order valence-electron chi connectivity index (χ0n) is 14.8. The van der Waals surface area contributed by atoms with Gasteiger partial charge in [-0.15, -0.1) is 0 Å². The van der Waals surface area contributed by atoms with Gasteiger partial charge < -0.3 is 10.0 Å². The maximum Gasteiger partial charge on any atom is 0.232 e. The number of halogens is 1. The first-order valence-corrected chi connectivity index (χ1v) is 9.82. The van der Waals surface area contributed by atoms with E-state index < -0.39 is 11.5 Å². The van der Waals surface area contributed by atoms with E-state index in [-0.39, 0.29) is 11.5 Å². The molecule has 2 aromatic heterocycles. The number of hydrogen-bond donors (Lipinski definition) is 1. The summed E-state index contributed by atoms with van der Waals surface area (Å²) in [5.74, 6) is 0.632. The smallest absolute Gasteiger partial charge is 0.232 e. The normalized spacial score (nSPS) is 16.7. The zero-order valence-corrected chi connectivity index (χ0v) is 15.6. The lowest BCUT2D eigenvalue weighted by Crippen LogP contribution is -2.46. The number of aliphatic hydroxyl groups is 1. The molecular formula is C18H23FN4O2S. The number of aryl methyl sites for hydroxylation is 2. The van der Waals surface area contributed by atoms with Crippen molar-refractivity contribution in [2.45, 2.75) is 31.9 Å². The van der Waals surface area contributed by atoms with Crippen LogP contribution in [-0.4, -0.2) is 55.3 Å². The molecule has 0 unspecified atom stereocenters. The second-order valence-electron chi connectivity index (χ2n) is 6.50. The molecule has 3 rings (SSSR count). The largest absolute Gasteiger partial charge is 0.385 e. The first kappa shape index (κ1) is 18.8. The van der Waals surface area contributed by atoms with Gasteiger partial charge in [-0.2, -0.15) is 21.3 Å². The monoisotopic (exact) mass is 378 g/mol. The molecule has 140 valence electrons. The summed E-state index contributed by atoms with van der Waals surface area (Å²) in [6.45, 7) is 3.62. The number of carbonyl (C=O) groups excluding carboxylic acids is 1. The van der Waals surface area contributed by atoms with Gasteiger partial charge in [-0.25, -0.2) is 4.98 Å². The van der Waals surface area contributed by atoms with E-state index >= 15 is 0 Å². The average Bonchev–Trinajstić information content (AvgIpc) is 3.04. The van der Waals surface area contributed by atoms with Crippen molar-refractivity contribution < 1.29 is 14.3 Å². The number of hydrogen-bond acceptors (Lipinski definition) is 5. The fraction of sp³-hybridized carbons (Fsp3) is 0.500. The highest BCUT2D eigenvalue weighted by atomic mass is 32.2. The van der Waals surface area contributed by atoms with Crippen molar-refractivity contribution in [2.24, 2.45) is 0 Å². The van der Waals surface area contributed by atoms with Gasteiger partial charge in [0.25, 0.3) is 0 Å². The third kappa shape index (κ3) is 4.24. The number of amides is 1. The molecular weight excluding hydrogens is 355 g/mol. The molecule has 2 aromatic rings. The summed E-state index contributed by atoms with van der Waals surface area (Å²) < 4.78 is 15.8. The Bertz CT molecular complexity index is 759. The number of piperidine rings is 1. The Morgan fingerprint density at radius 2 is 2.12 bits per heavy atom. The molecule has 26 heavy (non-hydrogen) atoms. The standard InChI is InChI=1S/C18H23FN4O2S/c1-14-4-8-21-23(14)11-12-26-13-16(24)22-9-5-18(25,6-10-22)15-3-2-7-20-17(15)19/h2-4,7-8,25H,5-6,9-13H2,1H3. The van der Waals surface area contributed by atoms with Crippen LogP contribution in [0, 0.1) is 12.9 Å². The second-order valence-corrected chi connectivity index (χ2v) is 7.61. The Morgan fingerprint density at radius 1 is 1.35 bits per heavy atom. The SMILES string of the molecule is Cc1ccnn1CCSCC(=O)N1CCC(O)(c2cccnc2F)CC1. The lowest BCUT2D eigenvalue weighted by molar-refractivity contribution is -0.133. The van der Waals surface area contributed by atoms with E-state index in [4.69, 9.17) is 0 Å². The van der Waals surface area contributed by atoms with E-state index in [0.717, 1.165) is 18.0 Å². The summed E-state index contributed by atoms with van der Waals surface area (Å²) in [5.41, 5.74) is 0.0748. The highest BCUT2D eigenvalue weighted by Gasteiger charge is 2.37. The van der Waals surface area contributed by atoms with Crippen molar-refractivity contribution in [3.8, 4) is 0 Å². The van der Waals surface area contributed by atoms with E-state index in [2.05, 4.69) is 10.1 Å². The van der Waals surface area contributed by atoms with Gasteiger partial charge in [-0.3, -0.25) is 9.48 Å². The molecule has 8 heteroatoms. The highest BCUT2D eigenvalue weighted by molar-refractivity contribution is 7.99. The van der Waals surface area contributed by atoms with Gasteiger partial charge in [0.2, 0.25) is 11.9 Å². The molecule has 6 nitrogen and oxygen atoms in total. The minimum Gasteiger partial charge on any atom is -0.385 e. The molecule has 1 amide bonds. The minimum atomic E-state index is -1.25. The molecule has 0 bridgehead atoms. The quantitative estimate of drug-likeness (QED) is 0.615. The number of carbonyl (C=O) groups is 1. The van der Waals surface area contributed by atoms with E-state index in [1.54, 1.807) is 35.0 Å². The third-order valence-electron chi connectivity index (χ3n) is 4.81. The number of thioether (sulfide) groups is 1. The molecule has 0 aromatic carbocycles. The predicted molar refractivity (Wildman–Crippen MR) is 98.2 cm³/mol. The number of aromatic nitrogens is 3. The summed E-state index contributed by atoms with van der Waals surface area (Å²) in [4.78, 5) is 17.7. The molecule has 1 N–H and O–H groups in total. The fourth-order valence-electron chi connectivity index (χ4n) is 3.16. The minimum absolute atomic E-state index is 0.0564. The van der Waals surface area contributed by atoms with Crippen LogP contribution in [-0.2, 0) is 16.9 Å². The Kier molecular flexibility index (Phi) is 5.93. The van der Waals surface area contributed by atoms with Crippen LogP contribution < -0.4 is 0 Å². The summed E-state index contributed by atoms with van der Waals surface area (Å²) in [7, 11) is 0. The van der Waals surface area contributed by atoms with Crippen LogP contribution in [0.1, 0.15) is 24.1 Å². The predicted octanol–water partition coefficient (Wildman–Crippen LogP) is 1.97. The van der Waals surface area contributed by atoms with Crippen LogP contribution in [0.25, 0.3) is 0 Å². The fourth-order valence-corrected chi connectivity index (χ4v) is 3.97. The second kappa shape index (κ2) is 8.18. The van der Waals surface area contributed by atoms with Crippen LogP contribution in [0.2, 0.25) is 0 Å². The molecule has 1 saturated heterocycles. The lowest BCUT2D eigenvalue weighted by atomic mass is 9.85. The highest BCUT2D eigenvalue weighted by Crippen LogP contribution is 2.33. The molecule has 3 heterocycles. The van der Waals surface area contributed by atoms with E-state index in [1.807, 2.05) is 17.7 Å². The van der Waals surface area contributed by atoms with Gasteiger partial charge >= 0.3 is 0 Å². The zero-order chi connectivity index (χ0) is 18.6. The first-order valence-electron chi connectivity index (χ1n) is 8.67. The maximum atomic E-state index is 13.9. The van der Waals surface area contributed by atoms with Gasteiger partial charge in [-0.05, 0) is 31.9 Å². The molecule has 1 fully saturated rings. The van der Waals surface area contributed by atoms with Crippen LogP contribution in [0.3, 0.4) is 0 Å². The first-order chi connectivity index (χ1) is 12.5. The molecule has 0 spiro atoms. The maximum absolute atomic E-state index is 13.9. The van der Waals surface area contributed by atoms with Gasteiger partial charge in [0.1, 0.15) is 0 Å². The van der Waals surface area contributed by atoms with Crippen molar-refractivity contribution in [1.29, 1.82) is 0 Å². The molecule has 0 radical (unpaired) electrons. The summed E-state index contributed by atoms with van der Waals surface area (Å²) in [6.07, 6.45) is 3.77. The Morgan fingerprint density at radius 3 is 2.77 bits per heavy atom. The van der Waals surface area contributed by atoms with Crippen LogP contribution in [0.15, 0.2) is 30.6 Å². The molecule has 0 saturated carbocycles. The van der Waals surface area contributed by atoms with Crippen LogP contribution >= 0.6 is 11.8 Å². The van der Waals surface area contributed by atoms with Crippen molar-refractivity contribution in [2.75, 3.05) is 24.6 Å². The third-order valence-corrected chi connectivity index (χ3v) is 5.73. The van der Waals surface area contributed by atoms with Gasteiger partial charge in [0, 0.05) is 42.5 Å². The average molecular weight is 378 g/mol. The molecule has 0 atom stereocenters. The number of rotatable bonds is 6. The van der Waals surface area contributed by atoms with Crippen molar-refractivity contribution in [3.63, 3.8) is 0 Å². The molecule has 1 aliphatic rings. The van der Waals surface area contributed by atoms with Crippen LogP contribution in [0.4, 0.5) is 4.39 Å². The summed E-state index contributed by atoms with van der Waals surface area (Å²) in [5, 5.41) is 15.0. The summed E-state index contributed by atoms with van der Waals surface area (Å²) >= 11 is 1.58. The van der Waals surface area contributed by atoms with Gasteiger partial charge in [0.15, 0.2) is 0 Å². The van der Waals surface area contributed by atoms with Crippen molar-refractivity contribution in [1.82, 2.24) is 19.7 Å². The number of pyridine rings is 1. The Hall–Kier alpha value is -1.93. The topological polar surface area (TPSA) is 71.2 Å². The summed E-state index contributed by atoms with van der Waals surface area (Å²) in [6, 6.07) is 5.13. The van der Waals surface area contributed by atoms with E-state index in [9.17, 15) is 14.3 Å². The Labute approximate surface area is 156 Å². The van der Waals surface area contributed by atoms with Crippen LogP contribution in [0.5, 0.6) is 0 Å². The molecule has 0 aliphatic carbocycles. The number of nitrogens with zero attached hydrogens (tertiary/aromatic N) is 4. The lowest BCUT2D eigenvalue weighted by Gasteiger charge is -2.38. The van der Waals surface area contributed by atoms with Gasteiger partial charge in [-0.1, -0.05) is 6.07 Å².